The molecule has 0 aliphatic rings. The number of hydrogen-bond acceptors (Lipinski definition) is 3. The minimum absolute atomic E-state index is 0.590. The van der Waals surface area contributed by atoms with Crippen LogP contribution < -0.4 is 0 Å². The van der Waals surface area contributed by atoms with E-state index in [1.807, 2.05) is 36.4 Å². The first kappa shape index (κ1) is 19.4. The number of aromatic nitrogens is 3. The highest BCUT2D eigenvalue weighted by Crippen LogP contribution is 2.38. The third-order valence-electron chi connectivity index (χ3n) is 7.01. The van der Waals surface area contributed by atoms with Gasteiger partial charge in [-0.2, -0.15) is 4.98 Å². The third kappa shape index (κ3) is 2.70. The summed E-state index contributed by atoms with van der Waals surface area (Å²) in [6.45, 7) is 0. The van der Waals surface area contributed by atoms with Crippen LogP contribution in [0.4, 0.5) is 0 Å². The number of nitrogens with zero attached hydrogens (tertiary/aromatic N) is 3. The zero-order chi connectivity index (χ0) is 23.6. The van der Waals surface area contributed by atoms with Gasteiger partial charge >= 0.3 is 0 Å². The zero-order valence-electron chi connectivity index (χ0n) is 19.2. The Balaban J connectivity index is 1.54. The molecule has 0 spiro atoms. The van der Waals surface area contributed by atoms with Crippen molar-refractivity contribution < 1.29 is 4.42 Å². The predicted molar refractivity (Wildman–Crippen MR) is 147 cm³/mol. The van der Waals surface area contributed by atoms with Crippen molar-refractivity contribution in [3.63, 3.8) is 0 Å². The van der Waals surface area contributed by atoms with Crippen LogP contribution in [0.15, 0.2) is 120 Å². The molecular formula is C32H19N3O. The van der Waals surface area contributed by atoms with Gasteiger partial charge in [0.2, 0.25) is 11.7 Å². The minimum atomic E-state index is 0.590. The van der Waals surface area contributed by atoms with Crippen molar-refractivity contribution in [1.82, 2.24) is 14.5 Å². The minimum Gasteiger partial charge on any atom is -0.437 e. The summed E-state index contributed by atoms with van der Waals surface area (Å²) in [4.78, 5) is 10.2. The lowest BCUT2D eigenvalue weighted by Gasteiger charge is -2.10. The first-order valence-electron chi connectivity index (χ1n) is 12.0. The molecule has 0 unspecified atom stereocenters. The van der Waals surface area contributed by atoms with E-state index in [-0.39, 0.29) is 0 Å². The molecule has 0 aliphatic heterocycles. The number of rotatable bonds is 2. The van der Waals surface area contributed by atoms with Gasteiger partial charge in [-0.25, -0.2) is 4.98 Å². The summed E-state index contributed by atoms with van der Waals surface area (Å²) in [5.74, 6) is 0.599. The second-order valence-corrected chi connectivity index (χ2v) is 9.09. The summed E-state index contributed by atoms with van der Waals surface area (Å²) in [6, 6.07) is 39.8. The molecule has 0 aliphatic carbocycles. The van der Waals surface area contributed by atoms with Crippen molar-refractivity contribution in [2.75, 3.05) is 0 Å². The molecule has 0 radical (unpaired) electrons. The smallest absolute Gasteiger partial charge is 0.238 e. The average molecular weight is 462 g/mol. The maximum absolute atomic E-state index is 6.28. The Morgan fingerprint density at radius 1 is 0.556 bits per heavy atom. The fourth-order valence-electron chi connectivity index (χ4n) is 5.39. The van der Waals surface area contributed by atoms with Gasteiger partial charge < -0.3 is 4.42 Å². The first-order chi connectivity index (χ1) is 17.8. The molecule has 0 saturated heterocycles. The fourth-order valence-corrected chi connectivity index (χ4v) is 5.39. The molecule has 0 atom stereocenters. The van der Waals surface area contributed by atoms with Crippen LogP contribution in [0.25, 0.3) is 71.9 Å². The highest BCUT2D eigenvalue weighted by Gasteiger charge is 2.20. The molecular weight excluding hydrogens is 442 g/mol. The van der Waals surface area contributed by atoms with E-state index in [0.29, 0.717) is 11.7 Å². The molecule has 3 aromatic heterocycles. The number of para-hydroxylation sites is 2. The summed E-state index contributed by atoms with van der Waals surface area (Å²) >= 11 is 0. The van der Waals surface area contributed by atoms with E-state index >= 15 is 0 Å². The number of hydrogen-bond donors (Lipinski definition) is 0. The lowest BCUT2D eigenvalue weighted by molar-refractivity contribution is 0.651. The molecule has 0 N–H and O–H groups in total. The van der Waals surface area contributed by atoms with Gasteiger partial charge in [0.15, 0.2) is 0 Å². The lowest BCUT2D eigenvalue weighted by atomic mass is 10.1. The Hall–Kier alpha value is -4.96. The van der Waals surface area contributed by atoms with Gasteiger partial charge in [-0.1, -0.05) is 91.0 Å². The molecule has 8 aromatic rings. The second kappa shape index (κ2) is 7.27. The van der Waals surface area contributed by atoms with E-state index in [9.17, 15) is 0 Å². The van der Waals surface area contributed by atoms with Crippen LogP contribution in [0.2, 0.25) is 0 Å². The van der Waals surface area contributed by atoms with Gasteiger partial charge in [0, 0.05) is 21.7 Å². The van der Waals surface area contributed by atoms with Crippen LogP contribution in [0.5, 0.6) is 0 Å². The van der Waals surface area contributed by atoms with Crippen LogP contribution >= 0.6 is 0 Å². The fraction of sp³-hybridized carbons (Fsp3) is 0. The topological polar surface area (TPSA) is 43.9 Å². The summed E-state index contributed by atoms with van der Waals surface area (Å²) in [7, 11) is 0. The standard InChI is InChI=1S/C32H19N3O/c1-2-10-20(11-3-1)30-29-24-15-7-9-17-28(24)36-31(29)34-32(33-30)35-26-16-8-6-14-23(26)25-18-21-12-4-5-13-22(21)19-27(25)35/h1-19H. The largest absolute Gasteiger partial charge is 0.437 e. The lowest BCUT2D eigenvalue weighted by Crippen LogP contribution is -2.02. The normalized spacial score (nSPS) is 11.9. The number of fused-ring (bicyclic) bond motifs is 7. The van der Waals surface area contributed by atoms with Gasteiger partial charge in [-0.15, -0.1) is 0 Å². The Kier molecular flexibility index (Phi) is 3.91. The summed E-state index contributed by atoms with van der Waals surface area (Å²) < 4.78 is 8.45. The Morgan fingerprint density at radius 3 is 2.11 bits per heavy atom. The molecule has 5 aromatic carbocycles. The molecule has 3 heterocycles. The third-order valence-corrected chi connectivity index (χ3v) is 7.01. The van der Waals surface area contributed by atoms with E-state index in [2.05, 4.69) is 83.4 Å². The van der Waals surface area contributed by atoms with Crippen LogP contribution in [0, 0.1) is 0 Å². The van der Waals surface area contributed by atoms with Crippen LogP contribution in [-0.2, 0) is 0 Å². The first-order valence-corrected chi connectivity index (χ1v) is 12.0. The molecule has 0 bridgehead atoms. The maximum atomic E-state index is 6.28. The summed E-state index contributed by atoms with van der Waals surface area (Å²) in [5.41, 5.74) is 5.44. The van der Waals surface area contributed by atoms with Crippen molar-refractivity contribution in [2.24, 2.45) is 0 Å². The summed E-state index contributed by atoms with van der Waals surface area (Å²) in [5, 5.41) is 6.71. The molecule has 8 rings (SSSR count). The number of furan rings is 1. The molecule has 0 fully saturated rings. The van der Waals surface area contributed by atoms with E-state index in [1.165, 1.54) is 21.5 Å². The quantitative estimate of drug-likeness (QED) is 0.260. The van der Waals surface area contributed by atoms with Crippen molar-refractivity contribution in [2.45, 2.75) is 0 Å². The van der Waals surface area contributed by atoms with E-state index in [1.54, 1.807) is 0 Å². The SMILES string of the molecule is c1ccc(-c2nc(-n3c4ccccc4c4cc5ccccc5cc43)nc3oc4ccccc4c23)cc1. The van der Waals surface area contributed by atoms with Crippen molar-refractivity contribution in [1.29, 1.82) is 0 Å². The highest BCUT2D eigenvalue weighted by molar-refractivity contribution is 6.14. The molecule has 36 heavy (non-hydrogen) atoms. The Morgan fingerprint density at radius 2 is 1.25 bits per heavy atom. The van der Waals surface area contributed by atoms with E-state index in [0.717, 1.165) is 38.6 Å². The van der Waals surface area contributed by atoms with Gasteiger partial charge in [0.05, 0.1) is 22.1 Å². The van der Waals surface area contributed by atoms with Crippen molar-refractivity contribution in [3.05, 3.63) is 115 Å². The predicted octanol–water partition coefficient (Wildman–Crippen LogP) is 8.29. The van der Waals surface area contributed by atoms with E-state index < -0.39 is 0 Å². The van der Waals surface area contributed by atoms with Crippen molar-refractivity contribution in [3.8, 4) is 17.2 Å². The Labute approximate surface area is 206 Å². The maximum Gasteiger partial charge on any atom is 0.238 e. The molecule has 4 heteroatoms. The Bertz CT molecular complexity index is 2100. The van der Waals surface area contributed by atoms with Gasteiger partial charge in [-0.05, 0) is 35.0 Å². The van der Waals surface area contributed by atoms with Crippen LogP contribution in [0.3, 0.4) is 0 Å². The molecule has 0 saturated carbocycles. The zero-order valence-corrected chi connectivity index (χ0v) is 19.2. The van der Waals surface area contributed by atoms with Crippen LogP contribution in [-0.4, -0.2) is 14.5 Å². The van der Waals surface area contributed by atoms with Crippen LogP contribution in [0.1, 0.15) is 0 Å². The monoisotopic (exact) mass is 461 g/mol. The second-order valence-electron chi connectivity index (χ2n) is 9.09. The molecule has 0 amide bonds. The molecule has 4 nitrogen and oxygen atoms in total. The number of benzene rings is 5. The summed E-state index contributed by atoms with van der Waals surface area (Å²) in [6.07, 6.45) is 0. The van der Waals surface area contributed by atoms with Crippen molar-refractivity contribution >= 4 is 54.6 Å². The van der Waals surface area contributed by atoms with Gasteiger partial charge in [0.1, 0.15) is 5.58 Å². The van der Waals surface area contributed by atoms with Gasteiger partial charge in [-0.3, -0.25) is 4.57 Å². The average Bonchev–Trinajstić information content (AvgIpc) is 3.47. The van der Waals surface area contributed by atoms with Gasteiger partial charge in [0.25, 0.3) is 0 Å². The highest BCUT2D eigenvalue weighted by atomic mass is 16.3. The molecule has 168 valence electrons. The van der Waals surface area contributed by atoms with E-state index in [4.69, 9.17) is 14.4 Å².